The van der Waals surface area contributed by atoms with Crippen molar-refractivity contribution in [2.75, 3.05) is 18.0 Å². The van der Waals surface area contributed by atoms with Gasteiger partial charge in [-0.15, -0.1) is 0 Å². The van der Waals surface area contributed by atoms with Crippen LogP contribution in [-0.2, 0) is 16.0 Å². The molecular weight excluding hydrogens is 349 g/mol. The first kappa shape index (κ1) is 17.1. The Morgan fingerprint density at radius 1 is 1.30 bits per heavy atom. The van der Waals surface area contributed by atoms with Crippen LogP contribution in [-0.4, -0.2) is 40.1 Å². The first-order valence-corrected chi connectivity index (χ1v) is 8.74. The van der Waals surface area contributed by atoms with Gasteiger partial charge in [0.2, 0.25) is 11.8 Å². The first-order chi connectivity index (χ1) is 13.1. The second-order valence-corrected chi connectivity index (χ2v) is 6.48. The SMILES string of the molecule is O=C(NCCc1ccccn1)[C@H]1CC(=O)N(c2n[nH]c3cccc(F)c23)C1. The molecule has 0 spiro atoms. The third-order valence-electron chi connectivity index (χ3n) is 4.68. The lowest BCUT2D eigenvalue weighted by Crippen LogP contribution is -2.34. The Balaban J connectivity index is 1.42. The Morgan fingerprint density at radius 2 is 2.19 bits per heavy atom. The van der Waals surface area contributed by atoms with E-state index in [0.717, 1.165) is 5.69 Å². The van der Waals surface area contributed by atoms with Gasteiger partial charge >= 0.3 is 0 Å². The minimum Gasteiger partial charge on any atom is -0.355 e. The molecule has 1 aromatic carbocycles. The van der Waals surface area contributed by atoms with Gasteiger partial charge in [0.1, 0.15) is 5.82 Å². The molecule has 0 radical (unpaired) electrons. The highest BCUT2D eigenvalue weighted by Gasteiger charge is 2.37. The highest BCUT2D eigenvalue weighted by atomic mass is 19.1. The van der Waals surface area contributed by atoms with Gasteiger partial charge in [-0.1, -0.05) is 12.1 Å². The minimum absolute atomic E-state index is 0.0816. The Labute approximate surface area is 154 Å². The molecule has 1 atom stereocenters. The van der Waals surface area contributed by atoms with Crippen LogP contribution in [0.3, 0.4) is 0 Å². The van der Waals surface area contributed by atoms with Crippen LogP contribution in [0.4, 0.5) is 10.2 Å². The zero-order chi connectivity index (χ0) is 18.8. The number of fused-ring (bicyclic) bond motifs is 1. The Morgan fingerprint density at radius 3 is 3.00 bits per heavy atom. The molecular formula is C19H18FN5O2. The molecule has 4 rings (SSSR count). The topological polar surface area (TPSA) is 91.0 Å². The number of aromatic amines is 1. The van der Waals surface area contributed by atoms with Crippen LogP contribution in [0, 0.1) is 11.7 Å². The smallest absolute Gasteiger partial charge is 0.229 e. The average Bonchev–Trinajstić information content (AvgIpc) is 3.27. The fourth-order valence-corrected chi connectivity index (χ4v) is 3.30. The number of amides is 2. The summed E-state index contributed by atoms with van der Waals surface area (Å²) in [7, 11) is 0. The molecule has 3 heterocycles. The zero-order valence-corrected chi connectivity index (χ0v) is 14.5. The number of anilines is 1. The van der Waals surface area contributed by atoms with E-state index in [0.29, 0.717) is 18.5 Å². The Bertz CT molecular complexity index is 988. The number of rotatable bonds is 5. The highest BCUT2D eigenvalue weighted by molar-refractivity contribution is 6.05. The molecule has 0 unspecified atom stereocenters. The van der Waals surface area contributed by atoms with E-state index >= 15 is 0 Å². The van der Waals surface area contributed by atoms with Crippen molar-refractivity contribution in [1.82, 2.24) is 20.5 Å². The molecule has 1 aliphatic heterocycles. The Kier molecular flexibility index (Phi) is 4.53. The standard InChI is InChI=1S/C19H18FN5O2/c20-14-5-3-6-15-17(14)18(24-23-15)25-11-12(10-16(25)26)19(27)22-9-7-13-4-1-2-8-21-13/h1-6,8,12H,7,9-11H2,(H,22,27)(H,23,24)/t12-/m0/s1. The van der Waals surface area contributed by atoms with Crippen molar-refractivity contribution in [1.29, 1.82) is 0 Å². The van der Waals surface area contributed by atoms with Crippen LogP contribution >= 0.6 is 0 Å². The molecule has 8 heteroatoms. The van der Waals surface area contributed by atoms with E-state index in [9.17, 15) is 14.0 Å². The molecule has 1 saturated heterocycles. The molecule has 138 valence electrons. The molecule has 0 saturated carbocycles. The number of benzene rings is 1. The number of nitrogens with one attached hydrogen (secondary N) is 2. The summed E-state index contributed by atoms with van der Waals surface area (Å²) in [6.45, 7) is 0.628. The molecule has 2 amide bonds. The van der Waals surface area contributed by atoms with Crippen LogP contribution in [0.25, 0.3) is 10.9 Å². The van der Waals surface area contributed by atoms with Crippen molar-refractivity contribution in [3.8, 4) is 0 Å². The minimum atomic E-state index is -0.486. The largest absolute Gasteiger partial charge is 0.355 e. The summed E-state index contributed by atoms with van der Waals surface area (Å²) in [6, 6.07) is 10.2. The van der Waals surface area contributed by atoms with Crippen molar-refractivity contribution in [2.24, 2.45) is 5.92 Å². The maximum absolute atomic E-state index is 14.2. The van der Waals surface area contributed by atoms with E-state index in [4.69, 9.17) is 0 Å². The van der Waals surface area contributed by atoms with Crippen molar-refractivity contribution in [3.05, 3.63) is 54.1 Å². The van der Waals surface area contributed by atoms with Gasteiger partial charge < -0.3 is 5.32 Å². The summed E-state index contributed by atoms with van der Waals surface area (Å²) in [5.41, 5.74) is 1.40. The second kappa shape index (κ2) is 7.14. The number of pyridine rings is 1. The van der Waals surface area contributed by atoms with Crippen molar-refractivity contribution < 1.29 is 14.0 Å². The quantitative estimate of drug-likeness (QED) is 0.720. The molecule has 27 heavy (non-hydrogen) atoms. The van der Waals surface area contributed by atoms with Crippen molar-refractivity contribution >= 4 is 28.5 Å². The van der Waals surface area contributed by atoms with Crippen molar-refractivity contribution in [3.63, 3.8) is 0 Å². The van der Waals surface area contributed by atoms with E-state index in [1.165, 1.54) is 11.0 Å². The van der Waals surface area contributed by atoms with Gasteiger partial charge in [-0.3, -0.25) is 24.6 Å². The fraction of sp³-hybridized carbons (Fsp3) is 0.263. The summed E-state index contributed by atoms with van der Waals surface area (Å²) in [5.74, 6) is -1.14. The van der Waals surface area contributed by atoms with Crippen LogP contribution in [0.15, 0.2) is 42.6 Å². The van der Waals surface area contributed by atoms with Gasteiger partial charge in [-0.2, -0.15) is 5.10 Å². The van der Waals surface area contributed by atoms with Gasteiger partial charge in [0.25, 0.3) is 0 Å². The van der Waals surface area contributed by atoms with Crippen LogP contribution in [0.1, 0.15) is 12.1 Å². The molecule has 3 aromatic rings. The lowest BCUT2D eigenvalue weighted by molar-refractivity contribution is -0.126. The maximum atomic E-state index is 14.2. The number of carbonyl (C=O) groups excluding carboxylic acids is 2. The third kappa shape index (κ3) is 3.38. The molecule has 1 aliphatic rings. The summed E-state index contributed by atoms with van der Waals surface area (Å²) in [4.78, 5) is 30.4. The molecule has 0 aliphatic carbocycles. The number of carbonyl (C=O) groups is 2. The van der Waals surface area contributed by atoms with Crippen LogP contribution in [0.2, 0.25) is 0 Å². The number of H-pyrrole nitrogens is 1. The lowest BCUT2D eigenvalue weighted by atomic mass is 10.1. The molecule has 7 nitrogen and oxygen atoms in total. The maximum Gasteiger partial charge on any atom is 0.229 e. The highest BCUT2D eigenvalue weighted by Crippen LogP contribution is 2.31. The van der Waals surface area contributed by atoms with Crippen LogP contribution < -0.4 is 10.2 Å². The van der Waals surface area contributed by atoms with Crippen molar-refractivity contribution in [2.45, 2.75) is 12.8 Å². The molecule has 1 fully saturated rings. The first-order valence-electron chi connectivity index (χ1n) is 8.74. The van der Waals surface area contributed by atoms with E-state index in [2.05, 4.69) is 20.5 Å². The van der Waals surface area contributed by atoms with Gasteiger partial charge in [0.05, 0.1) is 16.8 Å². The van der Waals surface area contributed by atoms with Gasteiger partial charge in [0, 0.05) is 37.8 Å². The Hall–Kier alpha value is -3.29. The van der Waals surface area contributed by atoms with E-state index < -0.39 is 11.7 Å². The predicted molar refractivity (Wildman–Crippen MR) is 97.5 cm³/mol. The van der Waals surface area contributed by atoms with E-state index in [1.807, 2.05) is 18.2 Å². The number of halogens is 1. The molecule has 0 bridgehead atoms. The summed E-state index contributed by atoms with van der Waals surface area (Å²) in [5, 5.41) is 9.93. The summed E-state index contributed by atoms with van der Waals surface area (Å²) >= 11 is 0. The van der Waals surface area contributed by atoms with Gasteiger partial charge in [-0.05, 0) is 24.3 Å². The van der Waals surface area contributed by atoms with Gasteiger partial charge in [-0.25, -0.2) is 4.39 Å². The third-order valence-corrected chi connectivity index (χ3v) is 4.68. The summed E-state index contributed by atoms with van der Waals surface area (Å²) < 4.78 is 14.2. The number of nitrogens with zero attached hydrogens (tertiary/aromatic N) is 3. The second-order valence-electron chi connectivity index (χ2n) is 6.48. The fourth-order valence-electron chi connectivity index (χ4n) is 3.30. The average molecular weight is 367 g/mol. The molecule has 2 N–H and O–H groups in total. The normalized spacial score (nSPS) is 16.9. The molecule has 2 aromatic heterocycles. The predicted octanol–water partition coefficient (Wildman–Crippen LogP) is 1.81. The lowest BCUT2D eigenvalue weighted by Gasteiger charge is -2.14. The number of hydrogen-bond donors (Lipinski definition) is 2. The van der Waals surface area contributed by atoms with Gasteiger partial charge in [0.15, 0.2) is 5.82 Å². The monoisotopic (exact) mass is 367 g/mol. The number of aromatic nitrogens is 3. The number of hydrogen-bond acceptors (Lipinski definition) is 4. The van der Waals surface area contributed by atoms with E-state index in [-0.39, 0.29) is 36.0 Å². The zero-order valence-electron chi connectivity index (χ0n) is 14.5. The summed E-state index contributed by atoms with van der Waals surface area (Å²) in [6.07, 6.45) is 2.41. The van der Waals surface area contributed by atoms with E-state index in [1.54, 1.807) is 18.3 Å². The van der Waals surface area contributed by atoms with Crippen LogP contribution in [0.5, 0.6) is 0 Å².